The van der Waals surface area contributed by atoms with Gasteiger partial charge in [-0.05, 0) is 43.2 Å². The molecule has 0 spiro atoms. The number of carbonyl (C=O) groups is 2. The van der Waals surface area contributed by atoms with Crippen LogP contribution < -0.4 is 5.32 Å². The van der Waals surface area contributed by atoms with Crippen LogP contribution in [-0.2, 0) is 19.6 Å². The maximum atomic E-state index is 13.6. The maximum absolute atomic E-state index is 13.6. The van der Waals surface area contributed by atoms with Gasteiger partial charge in [-0.2, -0.15) is 4.31 Å². The first-order chi connectivity index (χ1) is 14.3. The molecular formula is C20H20F2N2O5S. The van der Waals surface area contributed by atoms with Crippen LogP contribution in [0, 0.1) is 11.6 Å². The molecule has 1 N–H and O–H groups in total. The molecule has 3 rings (SSSR count). The fourth-order valence-corrected chi connectivity index (χ4v) is 4.60. The number of esters is 1. The summed E-state index contributed by atoms with van der Waals surface area (Å²) in [5.41, 5.74) is -0.427. The summed E-state index contributed by atoms with van der Waals surface area (Å²) in [5.74, 6) is -3.37. The van der Waals surface area contributed by atoms with Gasteiger partial charge in [0.2, 0.25) is 10.0 Å². The van der Waals surface area contributed by atoms with Crippen molar-refractivity contribution in [2.45, 2.75) is 24.2 Å². The molecule has 1 aliphatic rings. The van der Waals surface area contributed by atoms with Crippen molar-refractivity contribution in [3.8, 4) is 0 Å². The lowest BCUT2D eigenvalue weighted by Crippen LogP contribution is -2.35. The van der Waals surface area contributed by atoms with Crippen molar-refractivity contribution in [2.75, 3.05) is 25.0 Å². The quantitative estimate of drug-likeness (QED) is 0.700. The highest BCUT2D eigenvalue weighted by Gasteiger charge is 2.26. The molecule has 0 unspecified atom stereocenters. The van der Waals surface area contributed by atoms with Crippen molar-refractivity contribution in [2.24, 2.45) is 0 Å². The number of benzene rings is 2. The maximum Gasteiger partial charge on any atom is 0.338 e. The van der Waals surface area contributed by atoms with Gasteiger partial charge in [0.15, 0.2) is 6.61 Å². The number of carbonyl (C=O) groups excluding carboxylic acids is 2. The van der Waals surface area contributed by atoms with Crippen LogP contribution in [0.3, 0.4) is 0 Å². The van der Waals surface area contributed by atoms with E-state index in [1.807, 2.05) is 0 Å². The van der Waals surface area contributed by atoms with Crippen molar-refractivity contribution in [1.82, 2.24) is 4.31 Å². The summed E-state index contributed by atoms with van der Waals surface area (Å²) in [7, 11) is -3.73. The number of hydrogen-bond donors (Lipinski definition) is 1. The Morgan fingerprint density at radius 1 is 1.03 bits per heavy atom. The van der Waals surface area contributed by atoms with Crippen LogP contribution in [0.25, 0.3) is 0 Å². The van der Waals surface area contributed by atoms with E-state index in [4.69, 9.17) is 4.74 Å². The molecule has 1 aliphatic heterocycles. The van der Waals surface area contributed by atoms with E-state index in [0.717, 1.165) is 37.5 Å². The largest absolute Gasteiger partial charge is 0.452 e. The van der Waals surface area contributed by atoms with Gasteiger partial charge in [0.05, 0.1) is 16.1 Å². The minimum absolute atomic E-state index is 0.0369. The third-order valence-corrected chi connectivity index (χ3v) is 6.45. The van der Waals surface area contributed by atoms with Gasteiger partial charge < -0.3 is 10.1 Å². The minimum Gasteiger partial charge on any atom is -0.452 e. The average Bonchev–Trinajstić information content (AvgIpc) is 2.75. The van der Waals surface area contributed by atoms with Crippen LogP contribution in [0.5, 0.6) is 0 Å². The van der Waals surface area contributed by atoms with Crippen LogP contribution in [0.2, 0.25) is 0 Å². The Labute approximate surface area is 172 Å². The van der Waals surface area contributed by atoms with Gasteiger partial charge >= 0.3 is 5.97 Å². The number of anilines is 1. The highest BCUT2D eigenvalue weighted by Crippen LogP contribution is 2.21. The van der Waals surface area contributed by atoms with E-state index in [-0.39, 0.29) is 16.1 Å². The van der Waals surface area contributed by atoms with Crippen LogP contribution in [-0.4, -0.2) is 44.3 Å². The Kier molecular flexibility index (Phi) is 6.78. The summed E-state index contributed by atoms with van der Waals surface area (Å²) in [5, 5.41) is 2.10. The smallest absolute Gasteiger partial charge is 0.338 e. The van der Waals surface area contributed by atoms with Gasteiger partial charge in [0.1, 0.15) is 11.6 Å². The van der Waals surface area contributed by atoms with E-state index >= 15 is 0 Å². The minimum atomic E-state index is -3.73. The Morgan fingerprint density at radius 2 is 1.77 bits per heavy atom. The molecule has 0 radical (unpaired) electrons. The Hall–Kier alpha value is -2.85. The molecule has 2 aromatic carbocycles. The molecule has 30 heavy (non-hydrogen) atoms. The summed E-state index contributed by atoms with van der Waals surface area (Å²) in [6, 6.07) is 7.90. The molecule has 7 nitrogen and oxygen atoms in total. The lowest BCUT2D eigenvalue weighted by molar-refractivity contribution is -0.119. The predicted octanol–water partition coefficient (Wildman–Crippen LogP) is 2.93. The molecule has 1 fully saturated rings. The van der Waals surface area contributed by atoms with E-state index < -0.39 is 40.1 Å². The van der Waals surface area contributed by atoms with Crippen LogP contribution in [0.1, 0.15) is 29.6 Å². The molecule has 2 aromatic rings. The first kappa shape index (κ1) is 21.8. The highest BCUT2D eigenvalue weighted by molar-refractivity contribution is 7.89. The molecule has 10 heteroatoms. The Balaban J connectivity index is 1.64. The number of amides is 1. The summed E-state index contributed by atoms with van der Waals surface area (Å²) in [6.07, 6.45) is 2.53. The normalized spacial score (nSPS) is 14.9. The molecule has 0 saturated carbocycles. The number of nitrogens with one attached hydrogen (secondary N) is 1. The lowest BCUT2D eigenvalue weighted by atomic mass is 10.2. The molecule has 0 aromatic heterocycles. The van der Waals surface area contributed by atoms with Gasteiger partial charge in [-0.3, -0.25) is 4.79 Å². The predicted molar refractivity (Wildman–Crippen MR) is 104 cm³/mol. The zero-order chi connectivity index (χ0) is 21.7. The zero-order valence-corrected chi connectivity index (χ0v) is 16.8. The highest BCUT2D eigenvalue weighted by atomic mass is 32.2. The van der Waals surface area contributed by atoms with Gasteiger partial charge in [-0.25, -0.2) is 22.0 Å². The summed E-state index contributed by atoms with van der Waals surface area (Å²) >= 11 is 0. The van der Waals surface area contributed by atoms with Gasteiger partial charge in [-0.1, -0.05) is 12.5 Å². The first-order valence-electron chi connectivity index (χ1n) is 9.29. The number of piperidine rings is 1. The zero-order valence-electron chi connectivity index (χ0n) is 15.9. The fraction of sp³-hybridized carbons (Fsp3) is 0.300. The summed E-state index contributed by atoms with van der Waals surface area (Å²) in [6.45, 7) is 0.0968. The molecule has 160 valence electrons. The Morgan fingerprint density at radius 3 is 2.50 bits per heavy atom. The van der Waals surface area contributed by atoms with E-state index in [1.165, 1.54) is 28.6 Å². The van der Waals surface area contributed by atoms with Crippen molar-refractivity contribution in [3.05, 3.63) is 59.7 Å². The number of hydrogen-bond acceptors (Lipinski definition) is 5. The first-order valence-corrected chi connectivity index (χ1v) is 10.7. The number of sulfonamides is 1. The van der Waals surface area contributed by atoms with Gasteiger partial charge in [0, 0.05) is 19.2 Å². The van der Waals surface area contributed by atoms with Crippen LogP contribution in [0.15, 0.2) is 47.4 Å². The lowest BCUT2D eigenvalue weighted by Gasteiger charge is -2.25. The van der Waals surface area contributed by atoms with Crippen LogP contribution >= 0.6 is 0 Å². The van der Waals surface area contributed by atoms with Crippen molar-refractivity contribution in [3.63, 3.8) is 0 Å². The van der Waals surface area contributed by atoms with E-state index in [9.17, 15) is 26.8 Å². The van der Waals surface area contributed by atoms with Crippen molar-refractivity contribution in [1.29, 1.82) is 0 Å². The summed E-state index contributed by atoms with van der Waals surface area (Å²) in [4.78, 5) is 24.1. The van der Waals surface area contributed by atoms with Crippen LogP contribution in [0.4, 0.5) is 14.5 Å². The van der Waals surface area contributed by atoms with E-state index in [0.29, 0.717) is 13.1 Å². The molecule has 0 bridgehead atoms. The van der Waals surface area contributed by atoms with E-state index in [1.54, 1.807) is 0 Å². The average molecular weight is 438 g/mol. The Bertz CT molecular complexity index is 1050. The summed E-state index contributed by atoms with van der Waals surface area (Å²) < 4.78 is 58.4. The molecule has 1 saturated heterocycles. The second kappa shape index (κ2) is 9.31. The number of rotatable bonds is 6. The van der Waals surface area contributed by atoms with Gasteiger partial charge in [-0.15, -0.1) is 0 Å². The number of nitrogens with zero attached hydrogens (tertiary/aromatic N) is 1. The molecule has 0 atom stereocenters. The second-order valence-electron chi connectivity index (χ2n) is 6.74. The monoisotopic (exact) mass is 438 g/mol. The fourth-order valence-electron chi connectivity index (χ4n) is 3.03. The molecule has 1 amide bonds. The number of ether oxygens (including phenoxy) is 1. The van der Waals surface area contributed by atoms with Gasteiger partial charge in [0.25, 0.3) is 5.91 Å². The third-order valence-electron chi connectivity index (χ3n) is 4.56. The number of halogens is 2. The third kappa shape index (κ3) is 5.19. The second-order valence-corrected chi connectivity index (χ2v) is 8.68. The van der Waals surface area contributed by atoms with Crippen molar-refractivity contribution >= 4 is 27.6 Å². The van der Waals surface area contributed by atoms with Crippen molar-refractivity contribution < 1.29 is 31.5 Å². The molecule has 1 heterocycles. The topological polar surface area (TPSA) is 92.8 Å². The SMILES string of the molecule is O=C(COC(=O)c1cccc(S(=O)(=O)N2CCCCC2)c1)Nc1cc(F)ccc1F. The standard InChI is InChI=1S/C20H20F2N2O5S/c21-15-7-8-17(22)18(12-15)23-19(25)13-29-20(26)14-5-4-6-16(11-14)30(27,28)24-9-2-1-3-10-24/h4-8,11-12H,1-3,9-10,13H2,(H,23,25). The molecule has 0 aliphatic carbocycles. The molecular weight excluding hydrogens is 418 g/mol. The van der Waals surface area contributed by atoms with E-state index in [2.05, 4.69) is 5.32 Å².